The molecule has 1 aliphatic rings. The highest BCUT2D eigenvalue weighted by atomic mass is 35.5. The van der Waals surface area contributed by atoms with E-state index in [4.69, 9.17) is 16.3 Å². The van der Waals surface area contributed by atoms with Crippen LogP contribution in [0.25, 0.3) is 22.8 Å². The molecule has 0 spiro atoms. The quantitative estimate of drug-likeness (QED) is 0.347. The van der Waals surface area contributed by atoms with Crippen LogP contribution in [0.3, 0.4) is 0 Å². The lowest BCUT2D eigenvalue weighted by molar-refractivity contribution is -0.140. The van der Waals surface area contributed by atoms with Gasteiger partial charge in [0.1, 0.15) is 28.6 Å². The first kappa shape index (κ1) is 24.0. The van der Waals surface area contributed by atoms with E-state index in [1.54, 1.807) is 24.3 Å². The average Bonchev–Trinajstić information content (AvgIpc) is 3.63. The number of methoxy groups -OCH3 is 1. The summed E-state index contributed by atoms with van der Waals surface area (Å²) < 4.78 is 45.7. The number of nitrogens with zero attached hydrogens (tertiary/aromatic N) is 6. The molecule has 1 fully saturated rings. The smallest absolute Gasteiger partial charge is 0.434 e. The number of aryl methyl sites for hydroxylation is 1. The lowest BCUT2D eigenvalue weighted by Gasteiger charge is -2.13. The highest BCUT2D eigenvalue weighted by Gasteiger charge is 2.34. The molecule has 5 rings (SSSR count). The minimum atomic E-state index is -4.50. The van der Waals surface area contributed by atoms with Gasteiger partial charge in [-0.3, -0.25) is 0 Å². The number of hydrogen-bond acceptors (Lipinski definition) is 7. The number of halogens is 4. The number of imidazole rings is 1. The van der Waals surface area contributed by atoms with E-state index >= 15 is 0 Å². The van der Waals surface area contributed by atoms with Crippen LogP contribution in [0.2, 0.25) is 5.02 Å². The number of anilines is 1. The van der Waals surface area contributed by atoms with Crippen LogP contribution in [0.4, 0.5) is 19.0 Å². The molecule has 12 heteroatoms. The van der Waals surface area contributed by atoms with Crippen molar-refractivity contribution >= 4 is 17.4 Å². The molecule has 3 heterocycles. The van der Waals surface area contributed by atoms with E-state index in [1.807, 2.05) is 0 Å². The molecular weight excluding hydrogens is 495 g/mol. The Hall–Kier alpha value is -3.73. The minimum absolute atomic E-state index is 0.232. The zero-order valence-electron chi connectivity index (χ0n) is 19.3. The second-order valence-corrected chi connectivity index (χ2v) is 8.82. The summed E-state index contributed by atoms with van der Waals surface area (Å²) in [7, 11) is 3.07. The van der Waals surface area contributed by atoms with E-state index in [0.29, 0.717) is 46.1 Å². The van der Waals surface area contributed by atoms with Gasteiger partial charge in [-0.25, -0.2) is 24.9 Å². The zero-order chi connectivity index (χ0) is 25.4. The topological polar surface area (TPSA) is 90.6 Å². The summed E-state index contributed by atoms with van der Waals surface area (Å²) in [5, 5.41) is 3.54. The van der Waals surface area contributed by atoms with Crippen LogP contribution in [-0.2, 0) is 19.8 Å². The predicted molar refractivity (Wildman–Crippen MR) is 128 cm³/mol. The summed E-state index contributed by atoms with van der Waals surface area (Å²) in [4.78, 5) is 21.4. The monoisotopic (exact) mass is 515 g/mol. The maximum atomic E-state index is 13.0. The SMILES string of the molecule is COc1ncnc(C2CC2)c1-c1ncc(Cl)c(NCc2ccc(-c3nc(C(F)(F)F)cn3C)cc2)n1. The van der Waals surface area contributed by atoms with Crippen LogP contribution in [0.5, 0.6) is 5.88 Å². The van der Waals surface area contributed by atoms with E-state index in [1.165, 1.54) is 31.2 Å². The van der Waals surface area contributed by atoms with Gasteiger partial charge < -0.3 is 14.6 Å². The van der Waals surface area contributed by atoms with Gasteiger partial charge in [0, 0.05) is 31.3 Å². The predicted octanol–water partition coefficient (Wildman–Crippen LogP) is 5.50. The fourth-order valence-corrected chi connectivity index (χ4v) is 4.01. The largest absolute Gasteiger partial charge is 0.480 e. The van der Waals surface area contributed by atoms with E-state index in [9.17, 15) is 13.2 Å². The molecule has 0 radical (unpaired) electrons. The summed E-state index contributed by atoms with van der Waals surface area (Å²) in [6.45, 7) is 0.378. The maximum absolute atomic E-state index is 13.0. The number of ether oxygens (including phenoxy) is 1. The van der Waals surface area contributed by atoms with Gasteiger partial charge in [-0.1, -0.05) is 35.9 Å². The molecule has 1 N–H and O–H groups in total. The van der Waals surface area contributed by atoms with Crippen LogP contribution in [-0.4, -0.2) is 36.6 Å². The molecule has 0 atom stereocenters. The maximum Gasteiger partial charge on any atom is 0.434 e. The summed E-state index contributed by atoms with van der Waals surface area (Å²) in [6, 6.07) is 7.06. The first-order valence-corrected chi connectivity index (χ1v) is 11.5. The molecule has 36 heavy (non-hydrogen) atoms. The molecule has 0 bridgehead atoms. The Morgan fingerprint density at radius 2 is 1.86 bits per heavy atom. The third-order valence-electron chi connectivity index (χ3n) is 5.81. The molecule has 3 aromatic heterocycles. The van der Waals surface area contributed by atoms with Crippen molar-refractivity contribution in [3.8, 4) is 28.7 Å². The third kappa shape index (κ3) is 4.83. The van der Waals surface area contributed by atoms with E-state index in [2.05, 4.69) is 30.2 Å². The molecule has 186 valence electrons. The Labute approximate surface area is 209 Å². The second-order valence-electron chi connectivity index (χ2n) is 8.42. The van der Waals surface area contributed by atoms with Gasteiger partial charge in [-0.2, -0.15) is 13.2 Å². The van der Waals surface area contributed by atoms with Gasteiger partial charge in [-0.05, 0) is 18.4 Å². The average molecular weight is 516 g/mol. The lowest BCUT2D eigenvalue weighted by atomic mass is 10.1. The van der Waals surface area contributed by atoms with Crippen molar-refractivity contribution in [1.82, 2.24) is 29.5 Å². The van der Waals surface area contributed by atoms with Gasteiger partial charge in [0.15, 0.2) is 11.5 Å². The lowest BCUT2D eigenvalue weighted by Crippen LogP contribution is -2.06. The molecular formula is C24H21ClF3N7O. The number of nitrogens with one attached hydrogen (secondary N) is 1. The number of aromatic nitrogens is 6. The Morgan fingerprint density at radius 1 is 1.11 bits per heavy atom. The van der Waals surface area contributed by atoms with Gasteiger partial charge in [-0.15, -0.1) is 0 Å². The van der Waals surface area contributed by atoms with Crippen molar-refractivity contribution in [2.75, 3.05) is 12.4 Å². The van der Waals surface area contributed by atoms with Gasteiger partial charge >= 0.3 is 6.18 Å². The van der Waals surface area contributed by atoms with Gasteiger partial charge in [0.05, 0.1) is 19.0 Å². The van der Waals surface area contributed by atoms with Crippen LogP contribution < -0.4 is 10.1 Å². The van der Waals surface area contributed by atoms with Crippen molar-refractivity contribution in [2.24, 2.45) is 7.05 Å². The molecule has 1 aliphatic carbocycles. The Bertz CT molecular complexity index is 1400. The highest BCUT2D eigenvalue weighted by molar-refractivity contribution is 6.32. The van der Waals surface area contributed by atoms with Crippen molar-refractivity contribution < 1.29 is 17.9 Å². The van der Waals surface area contributed by atoms with Gasteiger partial charge in [0.25, 0.3) is 0 Å². The number of rotatable bonds is 7. The third-order valence-corrected chi connectivity index (χ3v) is 6.08. The first-order valence-electron chi connectivity index (χ1n) is 11.1. The molecule has 1 aromatic carbocycles. The Kier molecular flexibility index (Phi) is 6.25. The molecule has 1 saturated carbocycles. The van der Waals surface area contributed by atoms with Crippen molar-refractivity contribution in [1.29, 1.82) is 0 Å². The molecule has 4 aromatic rings. The molecule has 0 amide bonds. The summed E-state index contributed by atoms with van der Waals surface area (Å²) in [5.74, 6) is 1.80. The number of alkyl halides is 3. The standard InChI is InChI=1S/C24H21ClF3N7O/c1-35-11-17(24(26,27)28)33-22(35)15-5-3-13(4-6-15)9-29-20-16(25)10-30-21(34-20)18-19(14-7-8-14)31-12-32-23(18)36-2/h3-6,10-12,14H,7-9H2,1-2H3,(H,29,30,34). The first-order chi connectivity index (χ1) is 17.2. The fraction of sp³-hybridized carbons (Fsp3) is 0.292. The molecule has 0 unspecified atom stereocenters. The Balaban J connectivity index is 1.35. The zero-order valence-corrected chi connectivity index (χ0v) is 20.1. The van der Waals surface area contributed by atoms with Crippen molar-refractivity contribution in [3.63, 3.8) is 0 Å². The second kappa shape index (κ2) is 9.38. The fourth-order valence-electron chi connectivity index (χ4n) is 3.85. The van der Waals surface area contributed by atoms with E-state index in [-0.39, 0.29) is 5.82 Å². The summed E-state index contributed by atoms with van der Waals surface area (Å²) in [5.41, 5.74) is 2.03. The van der Waals surface area contributed by atoms with E-state index < -0.39 is 11.9 Å². The minimum Gasteiger partial charge on any atom is -0.480 e. The normalized spacial score (nSPS) is 13.6. The van der Waals surface area contributed by atoms with Crippen molar-refractivity contribution in [3.05, 3.63) is 65.0 Å². The van der Waals surface area contributed by atoms with E-state index in [0.717, 1.165) is 30.3 Å². The van der Waals surface area contributed by atoms with Crippen LogP contribution in [0.15, 0.2) is 43.0 Å². The van der Waals surface area contributed by atoms with Crippen LogP contribution >= 0.6 is 11.6 Å². The van der Waals surface area contributed by atoms with Crippen LogP contribution in [0, 0.1) is 0 Å². The van der Waals surface area contributed by atoms with Crippen LogP contribution in [0.1, 0.15) is 35.7 Å². The summed E-state index contributed by atoms with van der Waals surface area (Å²) in [6.07, 6.45) is 1.54. The Morgan fingerprint density at radius 3 is 2.50 bits per heavy atom. The number of benzene rings is 1. The molecule has 0 saturated heterocycles. The van der Waals surface area contributed by atoms with Crippen molar-refractivity contribution in [2.45, 2.75) is 31.5 Å². The molecule has 0 aliphatic heterocycles. The van der Waals surface area contributed by atoms with Gasteiger partial charge in [0.2, 0.25) is 5.88 Å². The number of hydrogen-bond donors (Lipinski definition) is 1. The summed E-state index contributed by atoms with van der Waals surface area (Å²) >= 11 is 6.35. The molecule has 8 nitrogen and oxygen atoms in total. The highest BCUT2D eigenvalue weighted by Crippen LogP contribution is 2.45.